The summed E-state index contributed by atoms with van der Waals surface area (Å²) in [5.74, 6) is -0.588. The molecule has 0 aliphatic heterocycles. The molecule has 1 fully saturated rings. The lowest BCUT2D eigenvalue weighted by atomic mass is 9.70. The summed E-state index contributed by atoms with van der Waals surface area (Å²) in [5, 5.41) is 9.69. The van der Waals surface area contributed by atoms with Gasteiger partial charge >= 0.3 is 5.97 Å². The lowest BCUT2D eigenvalue weighted by molar-refractivity contribution is -0.151. The maximum atomic E-state index is 11.8. The Labute approximate surface area is 121 Å². The van der Waals surface area contributed by atoms with E-state index in [1.54, 1.807) is 0 Å². The molecular weight excluding hydrogens is 248 g/mol. The number of carbonyl (C=O) groups is 1. The van der Waals surface area contributed by atoms with E-state index in [1.807, 2.05) is 0 Å². The number of rotatable bonds is 3. The van der Waals surface area contributed by atoms with Gasteiger partial charge in [0.2, 0.25) is 0 Å². The molecule has 1 N–H and O–H groups in total. The van der Waals surface area contributed by atoms with Crippen molar-refractivity contribution in [3.05, 3.63) is 34.9 Å². The van der Waals surface area contributed by atoms with Gasteiger partial charge in [-0.3, -0.25) is 4.79 Å². The van der Waals surface area contributed by atoms with Crippen molar-refractivity contribution in [3.63, 3.8) is 0 Å². The van der Waals surface area contributed by atoms with Crippen LogP contribution >= 0.6 is 0 Å². The molecule has 0 radical (unpaired) electrons. The second kappa shape index (κ2) is 5.59. The van der Waals surface area contributed by atoms with Gasteiger partial charge in [0.05, 0.1) is 5.41 Å². The van der Waals surface area contributed by atoms with E-state index >= 15 is 0 Å². The van der Waals surface area contributed by atoms with Gasteiger partial charge < -0.3 is 5.11 Å². The lowest BCUT2D eigenvalue weighted by Crippen LogP contribution is -2.35. The summed E-state index contributed by atoms with van der Waals surface area (Å²) in [6, 6.07) is 6.69. The molecule has 0 saturated heterocycles. The Morgan fingerprint density at radius 3 is 2.40 bits per heavy atom. The summed E-state index contributed by atoms with van der Waals surface area (Å²) in [4.78, 5) is 11.8. The van der Waals surface area contributed by atoms with Crippen LogP contribution in [0.1, 0.15) is 61.6 Å². The Balaban J connectivity index is 1.83. The van der Waals surface area contributed by atoms with E-state index in [1.165, 1.54) is 48.8 Å². The highest BCUT2D eigenvalue weighted by molar-refractivity contribution is 5.75. The third kappa shape index (κ3) is 2.61. The van der Waals surface area contributed by atoms with Crippen molar-refractivity contribution in [2.24, 2.45) is 5.41 Å². The number of hydrogen-bond acceptors (Lipinski definition) is 1. The topological polar surface area (TPSA) is 37.3 Å². The molecule has 1 aromatic rings. The molecule has 1 saturated carbocycles. The smallest absolute Gasteiger partial charge is 0.309 e. The molecule has 0 amide bonds. The van der Waals surface area contributed by atoms with Crippen molar-refractivity contribution in [2.45, 2.75) is 64.2 Å². The first-order chi connectivity index (χ1) is 9.70. The maximum Gasteiger partial charge on any atom is 0.309 e. The molecule has 2 aliphatic carbocycles. The zero-order valence-electron chi connectivity index (χ0n) is 12.2. The van der Waals surface area contributed by atoms with Gasteiger partial charge in [-0.15, -0.1) is 0 Å². The first-order valence-electron chi connectivity index (χ1n) is 8.04. The van der Waals surface area contributed by atoms with Crippen LogP contribution in [0.2, 0.25) is 0 Å². The molecule has 2 heteroatoms. The van der Waals surface area contributed by atoms with Gasteiger partial charge in [-0.1, -0.05) is 37.5 Å². The Bertz CT molecular complexity index is 498. The van der Waals surface area contributed by atoms with E-state index in [0.717, 1.165) is 32.1 Å². The summed E-state index contributed by atoms with van der Waals surface area (Å²) in [6.45, 7) is 0. The van der Waals surface area contributed by atoms with E-state index in [0.29, 0.717) is 0 Å². The first-order valence-corrected chi connectivity index (χ1v) is 8.04. The SMILES string of the molecule is O=C(O)C1(Cc2ccc3c(c2)CCCC3)CCCCC1. The van der Waals surface area contributed by atoms with E-state index in [-0.39, 0.29) is 0 Å². The monoisotopic (exact) mass is 272 g/mol. The first kappa shape index (κ1) is 13.7. The second-order valence-corrected chi connectivity index (χ2v) is 6.63. The number of benzene rings is 1. The summed E-state index contributed by atoms with van der Waals surface area (Å²) in [6.07, 6.45) is 10.7. The highest BCUT2D eigenvalue weighted by Crippen LogP contribution is 2.40. The van der Waals surface area contributed by atoms with Crippen LogP contribution in [0.25, 0.3) is 0 Å². The zero-order valence-corrected chi connectivity index (χ0v) is 12.2. The molecule has 20 heavy (non-hydrogen) atoms. The Kier molecular flexibility index (Phi) is 3.82. The standard InChI is InChI=1S/C18H24O2/c19-17(20)18(10-4-1-5-11-18)13-14-8-9-15-6-2-3-7-16(15)12-14/h8-9,12H,1-7,10-11,13H2,(H,19,20). The van der Waals surface area contributed by atoms with E-state index in [4.69, 9.17) is 0 Å². The fourth-order valence-electron chi connectivity index (χ4n) is 3.98. The summed E-state index contributed by atoms with van der Waals surface area (Å²) in [5.41, 5.74) is 3.68. The predicted octanol–water partition coefficient (Wildman–Crippen LogP) is 4.14. The van der Waals surface area contributed by atoms with Crippen LogP contribution in [0.5, 0.6) is 0 Å². The van der Waals surface area contributed by atoms with Crippen LogP contribution in [0.15, 0.2) is 18.2 Å². The molecule has 2 nitrogen and oxygen atoms in total. The van der Waals surface area contributed by atoms with Crippen LogP contribution in [0.4, 0.5) is 0 Å². The van der Waals surface area contributed by atoms with Gasteiger partial charge in [0.1, 0.15) is 0 Å². The van der Waals surface area contributed by atoms with Crippen molar-refractivity contribution in [3.8, 4) is 0 Å². The van der Waals surface area contributed by atoms with Crippen LogP contribution < -0.4 is 0 Å². The molecule has 108 valence electrons. The highest BCUT2D eigenvalue weighted by Gasteiger charge is 2.39. The van der Waals surface area contributed by atoms with Crippen LogP contribution in [-0.2, 0) is 24.1 Å². The Morgan fingerprint density at radius 1 is 1.00 bits per heavy atom. The van der Waals surface area contributed by atoms with Crippen molar-refractivity contribution in [1.29, 1.82) is 0 Å². The largest absolute Gasteiger partial charge is 0.481 e. The van der Waals surface area contributed by atoms with Gasteiger partial charge in [0.25, 0.3) is 0 Å². The van der Waals surface area contributed by atoms with E-state index in [2.05, 4.69) is 18.2 Å². The minimum atomic E-state index is -0.588. The zero-order chi connectivity index (χ0) is 14.0. The maximum absolute atomic E-state index is 11.8. The predicted molar refractivity (Wildman–Crippen MR) is 79.9 cm³/mol. The third-order valence-corrected chi connectivity index (χ3v) is 5.22. The molecule has 0 heterocycles. The average Bonchev–Trinajstić information content (AvgIpc) is 2.48. The molecule has 0 bridgehead atoms. The second-order valence-electron chi connectivity index (χ2n) is 6.63. The number of fused-ring (bicyclic) bond motifs is 1. The molecular formula is C18H24O2. The number of carboxylic acids is 1. The molecule has 0 unspecified atom stereocenters. The molecule has 0 aromatic heterocycles. The van der Waals surface area contributed by atoms with Gasteiger partial charge in [0, 0.05) is 0 Å². The van der Waals surface area contributed by atoms with Crippen molar-refractivity contribution in [1.82, 2.24) is 0 Å². The van der Waals surface area contributed by atoms with Gasteiger partial charge in [-0.25, -0.2) is 0 Å². The quantitative estimate of drug-likeness (QED) is 0.897. The minimum absolute atomic E-state index is 0.499. The normalized spacial score (nSPS) is 21.2. The molecule has 0 atom stereocenters. The lowest BCUT2D eigenvalue weighted by Gasteiger charge is -2.33. The number of carboxylic acid groups (broad SMARTS) is 1. The minimum Gasteiger partial charge on any atom is -0.481 e. The van der Waals surface area contributed by atoms with Crippen molar-refractivity contribution >= 4 is 5.97 Å². The number of aryl methyl sites for hydroxylation is 2. The summed E-state index contributed by atoms with van der Waals surface area (Å²) >= 11 is 0. The number of hydrogen-bond donors (Lipinski definition) is 1. The number of aliphatic carboxylic acids is 1. The molecule has 1 aromatic carbocycles. The van der Waals surface area contributed by atoms with Crippen LogP contribution in [0.3, 0.4) is 0 Å². The van der Waals surface area contributed by atoms with Gasteiger partial charge in [0.15, 0.2) is 0 Å². The summed E-state index contributed by atoms with van der Waals surface area (Å²) in [7, 11) is 0. The summed E-state index contributed by atoms with van der Waals surface area (Å²) < 4.78 is 0. The van der Waals surface area contributed by atoms with Gasteiger partial charge in [-0.05, 0) is 61.6 Å². The Morgan fingerprint density at radius 2 is 1.70 bits per heavy atom. The highest BCUT2D eigenvalue weighted by atomic mass is 16.4. The molecule has 3 rings (SSSR count). The average molecular weight is 272 g/mol. The molecule has 0 spiro atoms. The van der Waals surface area contributed by atoms with E-state index in [9.17, 15) is 9.90 Å². The van der Waals surface area contributed by atoms with Crippen LogP contribution in [0, 0.1) is 5.41 Å². The fraction of sp³-hybridized carbons (Fsp3) is 0.611. The Hall–Kier alpha value is -1.31. The van der Waals surface area contributed by atoms with E-state index < -0.39 is 11.4 Å². The van der Waals surface area contributed by atoms with Crippen LogP contribution in [-0.4, -0.2) is 11.1 Å². The van der Waals surface area contributed by atoms with Gasteiger partial charge in [-0.2, -0.15) is 0 Å². The molecule has 2 aliphatic rings. The van der Waals surface area contributed by atoms with Crippen molar-refractivity contribution < 1.29 is 9.90 Å². The van der Waals surface area contributed by atoms with Crippen molar-refractivity contribution in [2.75, 3.05) is 0 Å². The third-order valence-electron chi connectivity index (χ3n) is 5.22. The fourth-order valence-corrected chi connectivity index (χ4v) is 3.98.